The Morgan fingerprint density at radius 1 is 1.33 bits per heavy atom. The van der Waals surface area contributed by atoms with Gasteiger partial charge in [0, 0.05) is 13.2 Å². The van der Waals surface area contributed by atoms with Gasteiger partial charge in [0.2, 0.25) is 0 Å². The highest BCUT2D eigenvalue weighted by atomic mass is 16.6. The third-order valence-electron chi connectivity index (χ3n) is 2.59. The van der Waals surface area contributed by atoms with Gasteiger partial charge in [0.1, 0.15) is 5.60 Å². The molecular weight excluding hydrogens is 194 g/mol. The molecule has 0 bridgehead atoms. The number of carbonyl (C=O) groups is 1. The second-order valence-corrected chi connectivity index (χ2v) is 5.14. The zero-order valence-electron chi connectivity index (χ0n) is 9.95. The van der Waals surface area contributed by atoms with Crippen LogP contribution in [0.25, 0.3) is 0 Å². The highest BCUT2D eigenvalue weighted by Crippen LogP contribution is 2.29. The minimum Gasteiger partial charge on any atom is -0.460 e. The highest BCUT2D eigenvalue weighted by molar-refractivity contribution is 5.73. The van der Waals surface area contributed by atoms with Gasteiger partial charge in [-0.3, -0.25) is 4.79 Å². The Morgan fingerprint density at radius 3 is 2.33 bits per heavy atom. The number of hydrogen-bond acceptors (Lipinski definition) is 4. The summed E-state index contributed by atoms with van der Waals surface area (Å²) in [6.45, 7) is 5.61. The molecule has 0 aromatic heterocycles. The van der Waals surface area contributed by atoms with E-state index in [9.17, 15) is 4.79 Å². The van der Waals surface area contributed by atoms with Crippen LogP contribution in [0.2, 0.25) is 0 Å². The molecule has 2 N–H and O–H groups in total. The fourth-order valence-electron chi connectivity index (χ4n) is 1.88. The Hall–Kier alpha value is -0.610. The molecule has 3 atom stereocenters. The van der Waals surface area contributed by atoms with Gasteiger partial charge in [-0.15, -0.1) is 0 Å². The predicted molar refractivity (Wildman–Crippen MR) is 57.3 cm³/mol. The molecule has 1 aliphatic carbocycles. The average Bonchev–Trinajstić information content (AvgIpc) is 2.43. The van der Waals surface area contributed by atoms with E-state index >= 15 is 0 Å². The first-order chi connectivity index (χ1) is 6.83. The summed E-state index contributed by atoms with van der Waals surface area (Å²) in [4.78, 5) is 11.7. The van der Waals surface area contributed by atoms with Gasteiger partial charge >= 0.3 is 5.97 Å². The summed E-state index contributed by atoms with van der Waals surface area (Å²) in [7, 11) is 1.63. The molecule has 1 saturated carbocycles. The molecule has 0 heterocycles. The lowest BCUT2D eigenvalue weighted by Gasteiger charge is -2.21. The summed E-state index contributed by atoms with van der Waals surface area (Å²) in [5.41, 5.74) is 5.42. The van der Waals surface area contributed by atoms with Crippen LogP contribution in [-0.2, 0) is 14.3 Å². The van der Waals surface area contributed by atoms with Crippen LogP contribution in [0.4, 0.5) is 0 Å². The first-order valence-corrected chi connectivity index (χ1v) is 5.34. The molecule has 0 aliphatic heterocycles. The lowest BCUT2D eigenvalue weighted by molar-refractivity contribution is -0.160. The Kier molecular flexibility index (Phi) is 3.73. The van der Waals surface area contributed by atoms with Gasteiger partial charge in [-0.25, -0.2) is 0 Å². The number of esters is 1. The molecule has 0 aromatic rings. The molecule has 0 radical (unpaired) electrons. The predicted octanol–water partition coefficient (Wildman–Crippen LogP) is 1.08. The van der Waals surface area contributed by atoms with E-state index in [2.05, 4.69) is 0 Å². The normalized spacial score (nSPS) is 31.7. The van der Waals surface area contributed by atoms with Crippen molar-refractivity contribution in [3.63, 3.8) is 0 Å². The molecule has 1 unspecified atom stereocenters. The van der Waals surface area contributed by atoms with Crippen molar-refractivity contribution >= 4 is 5.97 Å². The Balaban J connectivity index is 2.50. The van der Waals surface area contributed by atoms with E-state index in [1.54, 1.807) is 7.11 Å². The third kappa shape index (κ3) is 3.47. The monoisotopic (exact) mass is 215 g/mol. The number of rotatable bonds is 2. The molecule has 88 valence electrons. The van der Waals surface area contributed by atoms with E-state index in [1.165, 1.54) is 0 Å². The van der Waals surface area contributed by atoms with Gasteiger partial charge in [-0.1, -0.05) is 0 Å². The van der Waals surface area contributed by atoms with Crippen molar-refractivity contribution in [2.75, 3.05) is 7.11 Å². The van der Waals surface area contributed by atoms with Crippen molar-refractivity contribution in [3.8, 4) is 0 Å². The number of methoxy groups -OCH3 is 1. The largest absolute Gasteiger partial charge is 0.460 e. The fourth-order valence-corrected chi connectivity index (χ4v) is 1.88. The quantitative estimate of drug-likeness (QED) is 0.700. The minimum atomic E-state index is -0.424. The molecule has 0 amide bonds. The first kappa shape index (κ1) is 12.5. The van der Waals surface area contributed by atoms with Gasteiger partial charge in [0.15, 0.2) is 0 Å². The maximum Gasteiger partial charge on any atom is 0.309 e. The highest BCUT2D eigenvalue weighted by Gasteiger charge is 2.38. The van der Waals surface area contributed by atoms with E-state index < -0.39 is 5.60 Å². The summed E-state index contributed by atoms with van der Waals surface area (Å²) >= 11 is 0. The molecule has 0 spiro atoms. The third-order valence-corrected chi connectivity index (χ3v) is 2.59. The van der Waals surface area contributed by atoms with Gasteiger partial charge in [-0.05, 0) is 33.6 Å². The summed E-state index contributed by atoms with van der Waals surface area (Å²) in [6.07, 6.45) is 1.32. The van der Waals surface area contributed by atoms with Crippen molar-refractivity contribution in [2.24, 2.45) is 11.7 Å². The van der Waals surface area contributed by atoms with Crippen LogP contribution in [0.5, 0.6) is 0 Å². The second-order valence-electron chi connectivity index (χ2n) is 5.14. The number of carbonyl (C=O) groups excluding carboxylic acids is 1. The van der Waals surface area contributed by atoms with Crippen LogP contribution in [0.15, 0.2) is 0 Å². The zero-order chi connectivity index (χ0) is 11.6. The smallest absolute Gasteiger partial charge is 0.309 e. The van der Waals surface area contributed by atoms with E-state index in [0.717, 1.165) is 0 Å². The fraction of sp³-hybridized carbons (Fsp3) is 0.909. The van der Waals surface area contributed by atoms with Crippen LogP contribution in [-0.4, -0.2) is 30.8 Å². The zero-order valence-corrected chi connectivity index (χ0v) is 9.95. The van der Waals surface area contributed by atoms with Crippen molar-refractivity contribution in [1.29, 1.82) is 0 Å². The summed E-state index contributed by atoms with van der Waals surface area (Å²) in [5.74, 6) is -0.262. The first-order valence-electron chi connectivity index (χ1n) is 5.34. The molecule has 0 aromatic carbocycles. The van der Waals surface area contributed by atoms with Crippen LogP contribution >= 0.6 is 0 Å². The summed E-state index contributed by atoms with van der Waals surface area (Å²) < 4.78 is 10.5. The van der Waals surface area contributed by atoms with Crippen LogP contribution in [0, 0.1) is 5.92 Å². The van der Waals surface area contributed by atoms with Crippen molar-refractivity contribution in [1.82, 2.24) is 0 Å². The summed E-state index contributed by atoms with van der Waals surface area (Å²) in [5, 5.41) is 0. The Morgan fingerprint density at radius 2 is 1.93 bits per heavy atom. The number of hydrogen-bond donors (Lipinski definition) is 1. The molecule has 0 saturated heterocycles. The van der Waals surface area contributed by atoms with Crippen molar-refractivity contribution in [2.45, 2.75) is 51.4 Å². The average molecular weight is 215 g/mol. The topological polar surface area (TPSA) is 61.5 Å². The number of ether oxygens (including phenoxy) is 2. The van der Waals surface area contributed by atoms with E-state index in [0.29, 0.717) is 12.8 Å². The van der Waals surface area contributed by atoms with E-state index in [-0.39, 0.29) is 24.0 Å². The van der Waals surface area contributed by atoms with Crippen molar-refractivity contribution in [3.05, 3.63) is 0 Å². The van der Waals surface area contributed by atoms with E-state index in [4.69, 9.17) is 15.2 Å². The summed E-state index contributed by atoms with van der Waals surface area (Å²) in [6, 6.07) is -0.0486. The molecule has 4 heteroatoms. The van der Waals surface area contributed by atoms with Gasteiger partial charge < -0.3 is 15.2 Å². The van der Waals surface area contributed by atoms with Gasteiger partial charge in [0.05, 0.1) is 12.0 Å². The lowest BCUT2D eigenvalue weighted by atomic mass is 10.1. The van der Waals surface area contributed by atoms with Crippen LogP contribution in [0.3, 0.4) is 0 Å². The Labute approximate surface area is 91.1 Å². The molecule has 15 heavy (non-hydrogen) atoms. The Bertz CT molecular complexity index is 234. The molecule has 4 nitrogen and oxygen atoms in total. The van der Waals surface area contributed by atoms with Crippen molar-refractivity contribution < 1.29 is 14.3 Å². The number of nitrogens with two attached hydrogens (primary N) is 1. The SMILES string of the molecule is CO[C@H]1CC(C(=O)OC(C)(C)C)C[C@@H]1N. The van der Waals surface area contributed by atoms with Gasteiger partial charge in [0.25, 0.3) is 0 Å². The maximum absolute atomic E-state index is 11.7. The van der Waals surface area contributed by atoms with Crippen LogP contribution < -0.4 is 5.73 Å². The second kappa shape index (κ2) is 4.49. The molecule has 1 rings (SSSR count). The maximum atomic E-state index is 11.7. The molecule has 1 fully saturated rings. The lowest BCUT2D eigenvalue weighted by Crippen LogP contribution is -2.30. The van der Waals surface area contributed by atoms with Crippen LogP contribution in [0.1, 0.15) is 33.6 Å². The molecule has 1 aliphatic rings. The standard InChI is InChI=1S/C11H21NO3/c1-11(2,3)15-10(13)7-5-8(12)9(6-7)14-4/h7-9H,5-6,12H2,1-4H3/t7?,8-,9-/m0/s1. The molecular formula is C11H21NO3. The van der Waals surface area contributed by atoms with E-state index in [1.807, 2.05) is 20.8 Å². The van der Waals surface area contributed by atoms with Gasteiger partial charge in [-0.2, -0.15) is 0 Å². The minimum absolute atomic E-state index is 0.0116.